The van der Waals surface area contributed by atoms with Gasteiger partial charge in [0.05, 0.1) is 0 Å². The molecule has 0 aliphatic carbocycles. The van der Waals surface area contributed by atoms with Gasteiger partial charge in [-0.1, -0.05) is 0 Å². The minimum atomic E-state index is -4.75. The summed E-state index contributed by atoms with van der Waals surface area (Å²) in [4.78, 5) is -1.19. The van der Waals surface area contributed by atoms with E-state index in [0.717, 1.165) is 24.3 Å². The normalized spacial score (nSPS) is 12.3. The average molecular weight is 403 g/mol. The van der Waals surface area contributed by atoms with Crippen LogP contribution in [0.2, 0.25) is 0 Å². The molecule has 142 valence electrons. The molecule has 12 heteroatoms. The maximum atomic E-state index is 13.6. The van der Waals surface area contributed by atoms with Crippen molar-refractivity contribution < 1.29 is 43.9 Å². The van der Waals surface area contributed by atoms with E-state index in [2.05, 4.69) is 4.74 Å². The summed E-state index contributed by atoms with van der Waals surface area (Å²) in [6.07, 6.45) is -8.84. The zero-order valence-corrected chi connectivity index (χ0v) is 13.1. The first kappa shape index (κ1) is 19.8. The predicted octanol–water partition coefficient (Wildman–Crippen LogP) is 4.14. The quantitative estimate of drug-likeness (QED) is 0.583. The summed E-state index contributed by atoms with van der Waals surface area (Å²) in [5.41, 5.74) is -0.304. The Kier molecular flexibility index (Phi) is 5.35. The van der Waals surface area contributed by atoms with E-state index in [1.807, 2.05) is 0 Å². The fourth-order valence-electron chi connectivity index (χ4n) is 1.72. The van der Waals surface area contributed by atoms with Crippen molar-refractivity contribution in [1.29, 1.82) is 0 Å². The van der Waals surface area contributed by atoms with Crippen LogP contribution in [-0.2, 0) is 10.0 Å². The third-order valence-corrected chi connectivity index (χ3v) is 4.30. The van der Waals surface area contributed by atoms with Crippen LogP contribution in [0.1, 0.15) is 0 Å². The van der Waals surface area contributed by atoms with Crippen molar-refractivity contribution in [1.82, 2.24) is 0 Å². The van der Waals surface area contributed by atoms with Gasteiger partial charge < -0.3 is 4.74 Å². The first-order valence-corrected chi connectivity index (χ1v) is 8.04. The number of hydrogen-bond donors (Lipinski definition) is 1. The van der Waals surface area contributed by atoms with Crippen LogP contribution in [0.25, 0.3) is 0 Å². The lowest BCUT2D eigenvalue weighted by Gasteiger charge is -2.17. The van der Waals surface area contributed by atoms with Gasteiger partial charge in [0, 0.05) is 5.69 Å². The zero-order chi connectivity index (χ0) is 19.7. The van der Waals surface area contributed by atoms with E-state index < -0.39 is 50.7 Å². The van der Waals surface area contributed by atoms with Crippen LogP contribution in [0.5, 0.6) is 5.75 Å². The summed E-state index contributed by atoms with van der Waals surface area (Å²) in [5.74, 6) is -6.24. The largest absolute Gasteiger partial charge is 0.461 e. The highest BCUT2D eigenvalue weighted by atomic mass is 32.2. The number of rotatable bonds is 6. The van der Waals surface area contributed by atoms with E-state index in [9.17, 15) is 39.2 Å². The zero-order valence-electron chi connectivity index (χ0n) is 12.3. The Morgan fingerprint density at radius 2 is 1.50 bits per heavy atom. The maximum absolute atomic E-state index is 13.6. The molecule has 0 spiro atoms. The molecule has 1 N–H and O–H groups in total. The highest BCUT2D eigenvalue weighted by Crippen LogP contribution is 2.29. The number of alkyl halides is 4. The summed E-state index contributed by atoms with van der Waals surface area (Å²) >= 11 is 0. The SMILES string of the molecule is O=S(=O)(Nc1ccc(OC(F)(F)C(F)F)cc1)c1ccc(F)c(F)c1F. The van der Waals surface area contributed by atoms with E-state index >= 15 is 0 Å². The molecule has 0 heterocycles. The molecule has 26 heavy (non-hydrogen) atoms. The van der Waals surface area contributed by atoms with Gasteiger partial charge in [-0.2, -0.15) is 17.6 Å². The smallest absolute Gasteiger partial charge is 0.428 e. The molecule has 0 atom stereocenters. The second kappa shape index (κ2) is 7.02. The molecule has 0 amide bonds. The molecule has 0 saturated carbocycles. The van der Waals surface area contributed by atoms with Crippen LogP contribution in [-0.4, -0.2) is 21.0 Å². The average Bonchev–Trinajstić information content (AvgIpc) is 2.53. The molecule has 4 nitrogen and oxygen atoms in total. The van der Waals surface area contributed by atoms with Crippen molar-refractivity contribution in [3.63, 3.8) is 0 Å². The summed E-state index contributed by atoms with van der Waals surface area (Å²) in [6.45, 7) is 0. The molecule has 2 aromatic carbocycles. The van der Waals surface area contributed by atoms with Crippen molar-refractivity contribution in [2.24, 2.45) is 0 Å². The van der Waals surface area contributed by atoms with Crippen LogP contribution in [0.3, 0.4) is 0 Å². The number of benzene rings is 2. The third-order valence-electron chi connectivity index (χ3n) is 2.90. The molecule has 2 aromatic rings. The Balaban J connectivity index is 2.22. The van der Waals surface area contributed by atoms with E-state index in [-0.39, 0.29) is 5.69 Å². The van der Waals surface area contributed by atoms with Gasteiger partial charge in [0.15, 0.2) is 17.5 Å². The molecule has 0 aliphatic heterocycles. The molecule has 0 radical (unpaired) electrons. The van der Waals surface area contributed by atoms with Crippen LogP contribution < -0.4 is 9.46 Å². The van der Waals surface area contributed by atoms with Gasteiger partial charge in [-0.3, -0.25) is 4.72 Å². The molecule has 0 bridgehead atoms. The fourth-order valence-corrected chi connectivity index (χ4v) is 2.85. The van der Waals surface area contributed by atoms with E-state index in [0.29, 0.717) is 12.1 Å². The minimum Gasteiger partial charge on any atom is -0.428 e. The van der Waals surface area contributed by atoms with E-state index in [4.69, 9.17) is 0 Å². The van der Waals surface area contributed by atoms with Gasteiger partial charge in [0.2, 0.25) is 0 Å². The van der Waals surface area contributed by atoms with Crippen molar-refractivity contribution in [3.05, 3.63) is 53.8 Å². The first-order chi connectivity index (χ1) is 11.9. The van der Waals surface area contributed by atoms with Crippen LogP contribution in [0.15, 0.2) is 41.3 Å². The summed E-state index contributed by atoms with van der Waals surface area (Å²) in [6, 6.07) is 4.08. The van der Waals surface area contributed by atoms with Gasteiger partial charge >= 0.3 is 12.5 Å². The second-order valence-electron chi connectivity index (χ2n) is 4.77. The Labute approximate surface area is 142 Å². The lowest BCUT2D eigenvalue weighted by atomic mass is 10.3. The summed E-state index contributed by atoms with van der Waals surface area (Å²) < 4.78 is 119. The number of hydrogen-bond acceptors (Lipinski definition) is 3. The second-order valence-corrected chi connectivity index (χ2v) is 6.42. The van der Waals surface area contributed by atoms with Gasteiger partial charge in [-0.25, -0.2) is 21.6 Å². The Bertz CT molecular complexity index is 902. The van der Waals surface area contributed by atoms with Crippen molar-refractivity contribution >= 4 is 15.7 Å². The van der Waals surface area contributed by atoms with Crippen LogP contribution in [0.4, 0.5) is 36.4 Å². The molecular weight excluding hydrogens is 395 g/mol. The van der Waals surface area contributed by atoms with Crippen LogP contribution in [0, 0.1) is 17.5 Å². The molecular formula is C14H8F7NO3S. The van der Waals surface area contributed by atoms with Crippen molar-refractivity contribution in [2.45, 2.75) is 17.4 Å². The molecule has 0 unspecified atom stereocenters. The van der Waals surface area contributed by atoms with Gasteiger partial charge in [0.1, 0.15) is 10.6 Å². The van der Waals surface area contributed by atoms with Gasteiger partial charge in [-0.15, -0.1) is 0 Å². The number of sulfonamides is 1. The van der Waals surface area contributed by atoms with Gasteiger partial charge in [-0.05, 0) is 36.4 Å². The standard InChI is InChI=1S/C14H8F7NO3S/c15-9-5-6-10(12(17)11(9)16)26(23,24)22-7-1-3-8(4-2-7)25-14(20,21)13(18)19/h1-6,13,22H. The lowest BCUT2D eigenvalue weighted by Crippen LogP contribution is -2.33. The molecule has 0 aromatic heterocycles. The Hall–Kier alpha value is -2.50. The Morgan fingerprint density at radius 1 is 0.923 bits per heavy atom. The number of nitrogens with one attached hydrogen (secondary N) is 1. The third kappa shape index (κ3) is 4.18. The minimum absolute atomic E-state index is 0.304. The summed E-state index contributed by atoms with van der Waals surface area (Å²) in [5, 5.41) is 0. The van der Waals surface area contributed by atoms with Crippen LogP contribution >= 0.6 is 0 Å². The molecule has 0 saturated heterocycles. The lowest BCUT2D eigenvalue weighted by molar-refractivity contribution is -0.253. The van der Waals surface area contributed by atoms with Crippen molar-refractivity contribution in [3.8, 4) is 5.75 Å². The van der Waals surface area contributed by atoms with Gasteiger partial charge in [0.25, 0.3) is 10.0 Å². The first-order valence-electron chi connectivity index (χ1n) is 6.55. The topological polar surface area (TPSA) is 55.4 Å². The highest BCUT2D eigenvalue weighted by molar-refractivity contribution is 7.92. The van der Waals surface area contributed by atoms with E-state index in [1.54, 1.807) is 4.72 Å². The highest BCUT2D eigenvalue weighted by Gasteiger charge is 2.43. The predicted molar refractivity (Wildman–Crippen MR) is 75.1 cm³/mol. The molecule has 0 aliphatic rings. The number of anilines is 1. The van der Waals surface area contributed by atoms with Crippen molar-refractivity contribution in [2.75, 3.05) is 4.72 Å². The van der Waals surface area contributed by atoms with E-state index in [1.165, 1.54) is 0 Å². The monoisotopic (exact) mass is 403 g/mol. The number of ether oxygens (including phenoxy) is 1. The summed E-state index contributed by atoms with van der Waals surface area (Å²) in [7, 11) is -4.69. The number of halogens is 7. The Morgan fingerprint density at radius 3 is 2.04 bits per heavy atom. The molecule has 0 fully saturated rings. The molecule has 2 rings (SSSR count). The fraction of sp³-hybridized carbons (Fsp3) is 0.143. The maximum Gasteiger partial charge on any atom is 0.461 e.